The first-order valence-electron chi connectivity index (χ1n) is 5.20. The summed E-state index contributed by atoms with van der Waals surface area (Å²) >= 11 is 0. The van der Waals surface area contributed by atoms with Crippen molar-refractivity contribution < 1.29 is 17.6 Å². The third kappa shape index (κ3) is 2.27. The van der Waals surface area contributed by atoms with Gasteiger partial charge < -0.3 is 0 Å². The van der Waals surface area contributed by atoms with Gasteiger partial charge in [0.05, 0.1) is 11.6 Å². The number of hydrogen-bond donors (Lipinski definition) is 0. The fourth-order valence-corrected chi connectivity index (χ4v) is 1.71. The Kier molecular flexibility index (Phi) is 3.47. The quantitative estimate of drug-likeness (QED) is 0.617. The molecule has 0 saturated carbocycles. The molecule has 96 valence electrons. The van der Waals surface area contributed by atoms with Gasteiger partial charge in [0.15, 0.2) is 11.6 Å². The molecule has 2 rings (SSSR count). The van der Waals surface area contributed by atoms with Gasteiger partial charge in [-0.25, -0.2) is 8.78 Å². The molecule has 0 fully saturated rings. The lowest BCUT2D eigenvalue weighted by atomic mass is 9.92. The van der Waals surface area contributed by atoms with Crippen LogP contribution in [-0.4, -0.2) is 4.98 Å². The molecule has 0 aliphatic rings. The number of halogens is 4. The monoisotopic (exact) mass is 266 g/mol. The summed E-state index contributed by atoms with van der Waals surface area (Å²) in [6.07, 6.45) is 0. The molecule has 0 aliphatic carbocycles. The van der Waals surface area contributed by atoms with Gasteiger partial charge in [-0.15, -0.1) is 0 Å². The summed E-state index contributed by atoms with van der Waals surface area (Å²) in [6.45, 7) is 0. The number of nitriles is 1. The van der Waals surface area contributed by atoms with Gasteiger partial charge in [-0.3, -0.25) is 0 Å². The second kappa shape index (κ2) is 5.06. The summed E-state index contributed by atoms with van der Waals surface area (Å²) in [4.78, 5) is 2.45. The lowest BCUT2D eigenvalue weighted by Gasteiger charge is -2.12. The number of aromatic nitrogens is 1. The van der Waals surface area contributed by atoms with E-state index in [4.69, 9.17) is 5.26 Å². The van der Waals surface area contributed by atoms with E-state index < -0.39 is 35.0 Å². The highest BCUT2D eigenvalue weighted by Gasteiger charge is 2.28. The van der Waals surface area contributed by atoms with Crippen LogP contribution in [0.25, 0.3) is 0 Å². The van der Waals surface area contributed by atoms with Gasteiger partial charge in [0.2, 0.25) is 0 Å². The minimum Gasteiger partial charge on any atom is -0.201 e. The normalized spacial score (nSPS) is 11.9. The molecule has 1 aromatic heterocycles. The molecule has 2 nitrogen and oxygen atoms in total. The first-order valence-corrected chi connectivity index (χ1v) is 5.20. The average molecular weight is 266 g/mol. The molecule has 1 unspecified atom stereocenters. The van der Waals surface area contributed by atoms with Crippen LogP contribution in [0, 0.1) is 34.9 Å². The van der Waals surface area contributed by atoms with Crippen molar-refractivity contribution in [1.29, 1.82) is 5.26 Å². The first kappa shape index (κ1) is 13.0. The summed E-state index contributed by atoms with van der Waals surface area (Å²) < 4.78 is 53.2. The Morgan fingerprint density at radius 1 is 0.947 bits per heavy atom. The number of rotatable bonds is 2. The van der Waals surface area contributed by atoms with Crippen LogP contribution < -0.4 is 0 Å². The molecule has 0 amide bonds. The third-order valence-electron chi connectivity index (χ3n) is 2.58. The molecule has 6 heteroatoms. The van der Waals surface area contributed by atoms with Crippen molar-refractivity contribution in [3.8, 4) is 6.07 Å². The maximum absolute atomic E-state index is 13.6. The van der Waals surface area contributed by atoms with Crippen molar-refractivity contribution in [2.75, 3.05) is 0 Å². The van der Waals surface area contributed by atoms with Crippen molar-refractivity contribution >= 4 is 0 Å². The molecule has 0 radical (unpaired) electrons. The van der Waals surface area contributed by atoms with Gasteiger partial charge in [-0.1, -0.05) is 30.3 Å². The molecule has 0 spiro atoms. The van der Waals surface area contributed by atoms with Crippen LogP contribution in [-0.2, 0) is 0 Å². The van der Waals surface area contributed by atoms with Crippen LogP contribution in [0.1, 0.15) is 17.0 Å². The van der Waals surface area contributed by atoms with Crippen molar-refractivity contribution in [1.82, 2.24) is 4.98 Å². The maximum atomic E-state index is 13.6. The molecule has 0 N–H and O–H groups in total. The Bertz CT molecular complexity index is 624. The number of benzene rings is 1. The zero-order valence-electron chi connectivity index (χ0n) is 9.37. The minimum atomic E-state index is -1.77. The largest absolute Gasteiger partial charge is 0.252 e. The van der Waals surface area contributed by atoms with E-state index in [9.17, 15) is 17.6 Å². The van der Waals surface area contributed by atoms with Gasteiger partial charge in [-0.05, 0) is 5.56 Å². The topological polar surface area (TPSA) is 36.7 Å². The second-order valence-electron chi connectivity index (χ2n) is 3.71. The van der Waals surface area contributed by atoms with E-state index in [0.717, 1.165) is 0 Å². The first-order chi connectivity index (χ1) is 9.06. The van der Waals surface area contributed by atoms with Crippen LogP contribution >= 0.6 is 0 Å². The Balaban J connectivity index is 2.67. The highest BCUT2D eigenvalue weighted by molar-refractivity contribution is 5.38. The summed E-state index contributed by atoms with van der Waals surface area (Å²) in [5.41, 5.74) is -0.744. The highest BCUT2D eigenvalue weighted by Crippen LogP contribution is 2.29. The van der Waals surface area contributed by atoms with Gasteiger partial charge in [0, 0.05) is 0 Å². The Labute approximate surface area is 105 Å². The standard InChI is InChI=1S/C13H6F4N2/c14-10-9(11(15)13(17)19-12(10)16)8(6-18)7-4-2-1-3-5-7/h1-5,8H. The SMILES string of the molecule is N#CC(c1ccccc1)c1c(F)c(F)nc(F)c1F. The zero-order chi connectivity index (χ0) is 14.0. The van der Waals surface area contributed by atoms with Crippen LogP contribution in [0.15, 0.2) is 30.3 Å². The molecular weight excluding hydrogens is 260 g/mol. The predicted octanol–water partition coefficient (Wildman–Crippen LogP) is 3.29. The fraction of sp³-hybridized carbons (Fsp3) is 0.0769. The Morgan fingerprint density at radius 2 is 1.47 bits per heavy atom. The van der Waals surface area contributed by atoms with E-state index in [-0.39, 0.29) is 5.56 Å². The van der Waals surface area contributed by atoms with E-state index in [1.54, 1.807) is 24.3 Å². The van der Waals surface area contributed by atoms with Crippen LogP contribution in [0.2, 0.25) is 0 Å². The molecule has 0 saturated heterocycles. The molecule has 0 aliphatic heterocycles. The lowest BCUT2D eigenvalue weighted by molar-refractivity contribution is 0.394. The van der Waals surface area contributed by atoms with E-state index in [2.05, 4.69) is 4.98 Å². The highest BCUT2D eigenvalue weighted by atomic mass is 19.2. The van der Waals surface area contributed by atoms with Crippen molar-refractivity contribution in [3.05, 3.63) is 65.0 Å². The maximum Gasteiger partial charge on any atom is 0.252 e. The summed E-state index contributed by atoms with van der Waals surface area (Å²) in [5.74, 6) is -8.31. The number of hydrogen-bond acceptors (Lipinski definition) is 2. The number of pyridine rings is 1. The second-order valence-corrected chi connectivity index (χ2v) is 3.71. The van der Waals surface area contributed by atoms with Crippen molar-refractivity contribution in [2.24, 2.45) is 0 Å². The van der Waals surface area contributed by atoms with Gasteiger partial charge >= 0.3 is 0 Å². The molecule has 1 atom stereocenters. The van der Waals surface area contributed by atoms with Crippen molar-refractivity contribution in [2.45, 2.75) is 5.92 Å². The van der Waals surface area contributed by atoms with Crippen molar-refractivity contribution in [3.63, 3.8) is 0 Å². The molecule has 0 bridgehead atoms. The summed E-state index contributed by atoms with van der Waals surface area (Å²) in [5, 5.41) is 9.01. The van der Waals surface area contributed by atoms with Crippen LogP contribution in [0.5, 0.6) is 0 Å². The number of nitrogens with zero attached hydrogens (tertiary/aromatic N) is 2. The zero-order valence-corrected chi connectivity index (χ0v) is 9.37. The molecule has 19 heavy (non-hydrogen) atoms. The molecule has 2 aromatic rings. The molecular formula is C13H6F4N2. The average Bonchev–Trinajstić information content (AvgIpc) is 2.42. The van der Waals surface area contributed by atoms with E-state index in [1.807, 2.05) is 0 Å². The predicted molar refractivity (Wildman–Crippen MR) is 58.0 cm³/mol. The van der Waals surface area contributed by atoms with E-state index in [1.165, 1.54) is 12.1 Å². The minimum absolute atomic E-state index is 0.229. The van der Waals surface area contributed by atoms with Gasteiger partial charge in [-0.2, -0.15) is 19.0 Å². The fourth-order valence-electron chi connectivity index (χ4n) is 1.71. The Hall–Kier alpha value is -2.42. The van der Waals surface area contributed by atoms with Gasteiger partial charge in [0.1, 0.15) is 5.92 Å². The lowest BCUT2D eigenvalue weighted by Crippen LogP contribution is -2.11. The summed E-state index contributed by atoms with van der Waals surface area (Å²) in [6, 6.07) is 9.22. The smallest absolute Gasteiger partial charge is 0.201 e. The Morgan fingerprint density at radius 3 is 1.95 bits per heavy atom. The van der Waals surface area contributed by atoms with Gasteiger partial charge in [0.25, 0.3) is 11.9 Å². The van der Waals surface area contributed by atoms with E-state index in [0.29, 0.717) is 0 Å². The van der Waals surface area contributed by atoms with E-state index >= 15 is 0 Å². The molecule has 1 heterocycles. The van der Waals surface area contributed by atoms with Crippen LogP contribution in [0.4, 0.5) is 17.6 Å². The third-order valence-corrected chi connectivity index (χ3v) is 2.58. The van der Waals surface area contributed by atoms with Crippen LogP contribution in [0.3, 0.4) is 0 Å². The molecule has 1 aromatic carbocycles. The summed E-state index contributed by atoms with van der Waals surface area (Å²) in [7, 11) is 0.